The van der Waals surface area contributed by atoms with Crippen molar-refractivity contribution in [3.63, 3.8) is 0 Å². The molecule has 1 aliphatic rings. The number of hydrogen-bond donors (Lipinski definition) is 1. The van der Waals surface area contributed by atoms with Crippen LogP contribution in [0.15, 0.2) is 53.4 Å². The third-order valence-electron chi connectivity index (χ3n) is 4.67. The lowest BCUT2D eigenvalue weighted by molar-refractivity contribution is 0.0729. The lowest BCUT2D eigenvalue weighted by Gasteiger charge is -2.26. The zero-order chi connectivity index (χ0) is 21.8. The first-order valence-electron chi connectivity index (χ1n) is 9.48. The van der Waals surface area contributed by atoms with E-state index in [-0.39, 0.29) is 37.0 Å². The summed E-state index contributed by atoms with van der Waals surface area (Å²) in [6, 6.07) is 13.0. The summed E-state index contributed by atoms with van der Waals surface area (Å²) in [7, 11) is -4.08. The molecule has 1 aromatic heterocycles. The number of sulfonamides is 1. The van der Waals surface area contributed by atoms with Crippen molar-refractivity contribution in [2.45, 2.75) is 11.3 Å². The van der Waals surface area contributed by atoms with Gasteiger partial charge in [0.2, 0.25) is 15.2 Å². The van der Waals surface area contributed by atoms with Gasteiger partial charge in [0.1, 0.15) is 15.7 Å². The van der Waals surface area contributed by atoms with Crippen LogP contribution in [0.5, 0.6) is 0 Å². The number of aromatic nitrogens is 2. The van der Waals surface area contributed by atoms with Crippen LogP contribution >= 0.6 is 11.3 Å². The standard InChI is InChI=1S/C20H19FN4O4S2/c21-16-7-6-15(13-17(16)31(27,28)25-8-10-29-11-9-25)19(26)22-20-24-23-18(30-20)12-14-4-2-1-3-5-14/h1-7,13H,8-12H2,(H,22,24,26). The molecule has 2 aromatic carbocycles. The fraction of sp³-hybridized carbons (Fsp3) is 0.250. The molecule has 0 saturated carbocycles. The van der Waals surface area contributed by atoms with Gasteiger partial charge in [0.05, 0.1) is 13.2 Å². The molecule has 162 valence electrons. The van der Waals surface area contributed by atoms with Gasteiger partial charge in [-0.15, -0.1) is 10.2 Å². The summed E-state index contributed by atoms with van der Waals surface area (Å²) in [6.45, 7) is 0.743. The number of nitrogens with one attached hydrogen (secondary N) is 1. The summed E-state index contributed by atoms with van der Waals surface area (Å²) in [5.74, 6) is -1.51. The molecule has 1 fully saturated rings. The fourth-order valence-electron chi connectivity index (χ4n) is 3.08. The zero-order valence-corrected chi connectivity index (χ0v) is 18.0. The maximum Gasteiger partial charge on any atom is 0.257 e. The van der Waals surface area contributed by atoms with Gasteiger partial charge in [-0.3, -0.25) is 10.1 Å². The minimum Gasteiger partial charge on any atom is -0.379 e. The highest BCUT2D eigenvalue weighted by Gasteiger charge is 2.30. The Hall–Kier alpha value is -2.73. The van der Waals surface area contributed by atoms with E-state index in [4.69, 9.17) is 4.74 Å². The van der Waals surface area contributed by atoms with Crippen LogP contribution in [0, 0.1) is 5.82 Å². The number of carbonyl (C=O) groups is 1. The summed E-state index contributed by atoms with van der Waals surface area (Å²) in [6.07, 6.45) is 0.576. The molecule has 0 aliphatic carbocycles. The molecule has 0 atom stereocenters. The van der Waals surface area contributed by atoms with E-state index in [0.717, 1.165) is 27.0 Å². The zero-order valence-electron chi connectivity index (χ0n) is 16.3. The normalized spacial score (nSPS) is 15.0. The van der Waals surface area contributed by atoms with E-state index in [1.807, 2.05) is 30.3 Å². The molecule has 0 bridgehead atoms. The summed E-state index contributed by atoms with van der Waals surface area (Å²) in [5, 5.41) is 11.6. The summed E-state index contributed by atoms with van der Waals surface area (Å²) >= 11 is 1.22. The number of morpholine rings is 1. The molecule has 8 nitrogen and oxygen atoms in total. The topological polar surface area (TPSA) is 101 Å². The Bertz CT molecular complexity index is 1180. The minimum absolute atomic E-state index is 0.00745. The van der Waals surface area contributed by atoms with Gasteiger partial charge in [0.25, 0.3) is 5.91 Å². The molecule has 1 N–H and O–H groups in total. The van der Waals surface area contributed by atoms with Crippen LogP contribution in [0.25, 0.3) is 0 Å². The van der Waals surface area contributed by atoms with E-state index in [2.05, 4.69) is 15.5 Å². The molecule has 0 radical (unpaired) electrons. The van der Waals surface area contributed by atoms with Gasteiger partial charge >= 0.3 is 0 Å². The van der Waals surface area contributed by atoms with E-state index in [1.54, 1.807) is 0 Å². The number of carbonyl (C=O) groups excluding carboxylic acids is 1. The number of benzene rings is 2. The molecule has 2 heterocycles. The third kappa shape index (κ3) is 4.96. The molecule has 1 amide bonds. The van der Waals surface area contributed by atoms with E-state index < -0.39 is 26.6 Å². The first kappa shape index (κ1) is 21.5. The van der Waals surface area contributed by atoms with Crippen molar-refractivity contribution >= 4 is 32.4 Å². The molecule has 1 aliphatic heterocycles. The Morgan fingerprint density at radius 3 is 2.61 bits per heavy atom. The van der Waals surface area contributed by atoms with E-state index in [0.29, 0.717) is 6.42 Å². The molecule has 0 spiro atoms. The van der Waals surface area contributed by atoms with Gasteiger partial charge in [-0.2, -0.15) is 4.31 Å². The first-order valence-corrected chi connectivity index (χ1v) is 11.7. The van der Waals surface area contributed by atoms with E-state index in [1.165, 1.54) is 17.4 Å². The maximum absolute atomic E-state index is 14.3. The molecule has 4 rings (SSSR count). The lowest BCUT2D eigenvalue weighted by Crippen LogP contribution is -2.41. The Labute approximate surface area is 182 Å². The Balaban J connectivity index is 1.50. The smallest absolute Gasteiger partial charge is 0.257 e. The second kappa shape index (κ2) is 9.18. The molecule has 3 aromatic rings. The van der Waals surface area contributed by atoms with Gasteiger partial charge in [0.15, 0.2) is 0 Å². The van der Waals surface area contributed by atoms with Crippen LogP contribution in [0.3, 0.4) is 0 Å². The van der Waals surface area contributed by atoms with Crippen LogP contribution in [0.1, 0.15) is 20.9 Å². The van der Waals surface area contributed by atoms with Crippen molar-refractivity contribution in [3.05, 3.63) is 70.5 Å². The van der Waals surface area contributed by atoms with Crippen LogP contribution in [-0.2, 0) is 21.2 Å². The molecule has 0 unspecified atom stereocenters. The average molecular weight is 463 g/mol. The van der Waals surface area contributed by atoms with Crippen LogP contribution in [0.4, 0.5) is 9.52 Å². The van der Waals surface area contributed by atoms with Crippen molar-refractivity contribution < 1.29 is 22.3 Å². The SMILES string of the molecule is O=C(Nc1nnc(Cc2ccccc2)s1)c1ccc(F)c(S(=O)(=O)N2CCOCC2)c1. The number of nitrogens with zero attached hydrogens (tertiary/aromatic N) is 3. The summed E-state index contributed by atoms with van der Waals surface area (Å²) in [4.78, 5) is 12.1. The lowest BCUT2D eigenvalue weighted by atomic mass is 10.2. The van der Waals surface area contributed by atoms with E-state index >= 15 is 0 Å². The third-order valence-corrected chi connectivity index (χ3v) is 7.42. The molecule has 31 heavy (non-hydrogen) atoms. The number of amides is 1. The number of halogens is 1. The predicted molar refractivity (Wildman–Crippen MR) is 113 cm³/mol. The number of hydrogen-bond acceptors (Lipinski definition) is 7. The monoisotopic (exact) mass is 462 g/mol. The summed E-state index contributed by atoms with van der Waals surface area (Å²) in [5.41, 5.74) is 1.07. The van der Waals surface area contributed by atoms with Gasteiger partial charge < -0.3 is 4.74 Å². The van der Waals surface area contributed by atoms with Crippen LogP contribution < -0.4 is 5.32 Å². The quantitative estimate of drug-likeness (QED) is 0.604. The predicted octanol–water partition coefficient (Wildman–Crippen LogP) is 2.54. The van der Waals surface area contributed by atoms with Gasteiger partial charge in [0, 0.05) is 25.1 Å². The Morgan fingerprint density at radius 1 is 1.13 bits per heavy atom. The van der Waals surface area contributed by atoms with Crippen LogP contribution in [0.2, 0.25) is 0 Å². The molecule has 11 heteroatoms. The summed E-state index contributed by atoms with van der Waals surface area (Å²) < 4.78 is 46.2. The van der Waals surface area contributed by atoms with Gasteiger partial charge in [-0.1, -0.05) is 41.7 Å². The van der Waals surface area contributed by atoms with Crippen molar-refractivity contribution in [3.8, 4) is 0 Å². The Kier molecular flexibility index (Phi) is 6.37. The molecule has 1 saturated heterocycles. The maximum atomic E-state index is 14.3. The number of rotatable bonds is 6. The van der Waals surface area contributed by atoms with Crippen molar-refractivity contribution in [2.24, 2.45) is 0 Å². The van der Waals surface area contributed by atoms with E-state index in [9.17, 15) is 17.6 Å². The second-order valence-corrected chi connectivity index (χ2v) is 9.75. The largest absolute Gasteiger partial charge is 0.379 e. The van der Waals surface area contributed by atoms with Crippen molar-refractivity contribution in [1.29, 1.82) is 0 Å². The highest BCUT2D eigenvalue weighted by Crippen LogP contribution is 2.23. The highest BCUT2D eigenvalue weighted by molar-refractivity contribution is 7.89. The Morgan fingerprint density at radius 2 is 1.87 bits per heavy atom. The van der Waals surface area contributed by atoms with Crippen molar-refractivity contribution in [1.82, 2.24) is 14.5 Å². The molecular weight excluding hydrogens is 443 g/mol. The minimum atomic E-state index is -4.08. The molecular formula is C20H19FN4O4S2. The van der Waals surface area contributed by atoms with Crippen molar-refractivity contribution in [2.75, 3.05) is 31.6 Å². The van der Waals surface area contributed by atoms with Gasteiger partial charge in [-0.25, -0.2) is 12.8 Å². The number of ether oxygens (including phenoxy) is 1. The number of anilines is 1. The first-order chi connectivity index (χ1) is 14.9. The fourth-order valence-corrected chi connectivity index (χ4v) is 5.35. The van der Waals surface area contributed by atoms with Gasteiger partial charge in [-0.05, 0) is 23.8 Å². The van der Waals surface area contributed by atoms with Crippen LogP contribution in [-0.4, -0.2) is 55.1 Å². The average Bonchev–Trinajstić information content (AvgIpc) is 3.21. The highest BCUT2D eigenvalue weighted by atomic mass is 32.2. The second-order valence-electron chi connectivity index (χ2n) is 6.78.